The minimum Gasteiger partial charge on any atom is -0.481 e. The molecule has 1 saturated heterocycles. The van der Waals surface area contributed by atoms with Crippen LogP contribution in [0.25, 0.3) is 0 Å². The van der Waals surface area contributed by atoms with Crippen molar-refractivity contribution in [1.82, 2.24) is 9.88 Å². The fourth-order valence-corrected chi connectivity index (χ4v) is 2.65. The second-order valence-electron chi connectivity index (χ2n) is 5.11. The molecule has 2 rings (SSSR count). The molecule has 0 spiro atoms. The topological polar surface area (TPSA) is 79.7 Å². The largest absolute Gasteiger partial charge is 0.481 e. The number of nitrogens with zero attached hydrogens (tertiary/aromatic N) is 2. The zero-order valence-corrected chi connectivity index (χ0v) is 12.1. The van der Waals surface area contributed by atoms with Gasteiger partial charge in [0.25, 0.3) is 5.91 Å². The number of hydrogen-bond acceptors (Lipinski definition) is 4. The van der Waals surface area contributed by atoms with Crippen LogP contribution in [0.2, 0.25) is 0 Å². The molecule has 0 bridgehead atoms. The molecule has 6 heteroatoms. The maximum atomic E-state index is 12.3. The van der Waals surface area contributed by atoms with Gasteiger partial charge < -0.3 is 14.7 Å². The standard InChI is InChI=1S/C15H20N2O4/c1-2-11-5-3-4-8-17(11)14(18)10-21-13-9-16-7-6-12(13)15(19)20/h6-7,9,11H,2-5,8,10H2,1H3,(H,19,20). The lowest BCUT2D eigenvalue weighted by Crippen LogP contribution is -2.45. The van der Waals surface area contributed by atoms with Crippen molar-refractivity contribution in [2.24, 2.45) is 0 Å². The Balaban J connectivity index is 1.99. The van der Waals surface area contributed by atoms with E-state index in [4.69, 9.17) is 9.84 Å². The summed E-state index contributed by atoms with van der Waals surface area (Å²) >= 11 is 0. The van der Waals surface area contributed by atoms with Crippen LogP contribution in [0.4, 0.5) is 0 Å². The molecule has 1 N–H and O–H groups in total. The summed E-state index contributed by atoms with van der Waals surface area (Å²) in [7, 11) is 0. The first-order valence-electron chi connectivity index (χ1n) is 7.23. The highest BCUT2D eigenvalue weighted by Crippen LogP contribution is 2.20. The molecule has 1 fully saturated rings. The predicted molar refractivity (Wildman–Crippen MR) is 76.3 cm³/mol. The molecular weight excluding hydrogens is 272 g/mol. The van der Waals surface area contributed by atoms with Gasteiger partial charge in [-0.15, -0.1) is 0 Å². The summed E-state index contributed by atoms with van der Waals surface area (Å²) in [6.07, 6.45) is 6.82. The summed E-state index contributed by atoms with van der Waals surface area (Å²) in [5, 5.41) is 9.06. The number of amides is 1. The number of pyridine rings is 1. The fourth-order valence-electron chi connectivity index (χ4n) is 2.65. The third-order valence-corrected chi connectivity index (χ3v) is 3.78. The third kappa shape index (κ3) is 3.71. The molecule has 1 unspecified atom stereocenters. The van der Waals surface area contributed by atoms with Gasteiger partial charge in [-0.05, 0) is 31.7 Å². The molecule has 1 atom stereocenters. The summed E-state index contributed by atoms with van der Waals surface area (Å²) in [6, 6.07) is 1.63. The van der Waals surface area contributed by atoms with Crippen LogP contribution >= 0.6 is 0 Å². The Morgan fingerprint density at radius 1 is 1.48 bits per heavy atom. The highest BCUT2D eigenvalue weighted by atomic mass is 16.5. The number of hydrogen-bond donors (Lipinski definition) is 1. The van der Waals surface area contributed by atoms with Crippen molar-refractivity contribution in [2.75, 3.05) is 13.2 Å². The van der Waals surface area contributed by atoms with E-state index in [2.05, 4.69) is 11.9 Å². The van der Waals surface area contributed by atoms with Crippen LogP contribution in [0.15, 0.2) is 18.5 Å². The van der Waals surface area contributed by atoms with E-state index in [1.54, 1.807) is 0 Å². The Bertz CT molecular complexity index is 518. The van der Waals surface area contributed by atoms with E-state index in [0.717, 1.165) is 32.2 Å². The average molecular weight is 292 g/mol. The van der Waals surface area contributed by atoms with E-state index in [9.17, 15) is 9.59 Å². The van der Waals surface area contributed by atoms with Crippen LogP contribution < -0.4 is 4.74 Å². The minimum absolute atomic E-state index is 0.0171. The highest BCUT2D eigenvalue weighted by molar-refractivity contribution is 5.90. The summed E-state index contributed by atoms with van der Waals surface area (Å²) in [4.78, 5) is 29.0. The average Bonchev–Trinajstić information content (AvgIpc) is 2.52. The molecule has 0 aliphatic carbocycles. The number of aromatic nitrogens is 1. The van der Waals surface area contributed by atoms with Crippen LogP contribution in [0.5, 0.6) is 5.75 Å². The Morgan fingerprint density at radius 2 is 2.29 bits per heavy atom. The van der Waals surface area contributed by atoms with E-state index in [1.165, 1.54) is 18.5 Å². The first-order chi connectivity index (χ1) is 10.1. The van der Waals surface area contributed by atoms with Gasteiger partial charge >= 0.3 is 5.97 Å². The van der Waals surface area contributed by atoms with Crippen LogP contribution in [0.1, 0.15) is 43.0 Å². The number of likely N-dealkylation sites (tertiary alicyclic amines) is 1. The van der Waals surface area contributed by atoms with Gasteiger partial charge in [0.15, 0.2) is 12.4 Å². The van der Waals surface area contributed by atoms with Crippen molar-refractivity contribution in [3.63, 3.8) is 0 Å². The van der Waals surface area contributed by atoms with Gasteiger partial charge in [-0.3, -0.25) is 9.78 Å². The van der Waals surface area contributed by atoms with Crippen molar-refractivity contribution in [1.29, 1.82) is 0 Å². The summed E-state index contributed by atoms with van der Waals surface area (Å²) in [5.74, 6) is -1.06. The van der Waals surface area contributed by atoms with Gasteiger partial charge in [-0.2, -0.15) is 0 Å². The fraction of sp³-hybridized carbons (Fsp3) is 0.533. The van der Waals surface area contributed by atoms with Crippen LogP contribution in [0, 0.1) is 0 Å². The Hall–Kier alpha value is -2.11. The molecule has 1 aliphatic rings. The van der Waals surface area contributed by atoms with Crippen LogP contribution in [-0.4, -0.2) is 46.1 Å². The normalized spacial score (nSPS) is 18.3. The number of piperidine rings is 1. The van der Waals surface area contributed by atoms with E-state index >= 15 is 0 Å². The monoisotopic (exact) mass is 292 g/mol. The van der Waals surface area contributed by atoms with Gasteiger partial charge in [-0.25, -0.2) is 4.79 Å². The molecule has 1 amide bonds. The van der Waals surface area contributed by atoms with Gasteiger partial charge in [-0.1, -0.05) is 6.92 Å². The van der Waals surface area contributed by atoms with Crippen molar-refractivity contribution in [3.05, 3.63) is 24.0 Å². The predicted octanol–water partition coefficient (Wildman–Crippen LogP) is 1.95. The Morgan fingerprint density at radius 3 is 3.00 bits per heavy atom. The molecular formula is C15H20N2O4. The number of ether oxygens (including phenoxy) is 1. The lowest BCUT2D eigenvalue weighted by Gasteiger charge is -2.35. The van der Waals surface area contributed by atoms with E-state index in [-0.39, 0.29) is 29.9 Å². The quantitative estimate of drug-likeness (QED) is 0.897. The van der Waals surface area contributed by atoms with Crippen molar-refractivity contribution >= 4 is 11.9 Å². The maximum Gasteiger partial charge on any atom is 0.339 e. The third-order valence-electron chi connectivity index (χ3n) is 3.78. The van der Waals surface area contributed by atoms with Gasteiger partial charge in [0, 0.05) is 18.8 Å². The lowest BCUT2D eigenvalue weighted by atomic mass is 10.00. The van der Waals surface area contributed by atoms with Gasteiger partial charge in [0.1, 0.15) is 5.56 Å². The second kappa shape index (κ2) is 7.06. The zero-order valence-electron chi connectivity index (χ0n) is 12.1. The minimum atomic E-state index is -1.09. The summed E-state index contributed by atoms with van der Waals surface area (Å²) in [6.45, 7) is 2.67. The Labute approximate surface area is 123 Å². The van der Waals surface area contributed by atoms with Gasteiger partial charge in [0.2, 0.25) is 0 Å². The second-order valence-corrected chi connectivity index (χ2v) is 5.11. The van der Waals surface area contributed by atoms with Crippen LogP contribution in [-0.2, 0) is 4.79 Å². The molecule has 21 heavy (non-hydrogen) atoms. The molecule has 1 aromatic heterocycles. The van der Waals surface area contributed by atoms with Crippen molar-refractivity contribution in [3.8, 4) is 5.75 Å². The number of carboxylic acid groups (broad SMARTS) is 1. The molecule has 1 aliphatic heterocycles. The van der Waals surface area contributed by atoms with Crippen LogP contribution in [0.3, 0.4) is 0 Å². The van der Waals surface area contributed by atoms with E-state index < -0.39 is 5.97 Å². The Kier molecular flexibility index (Phi) is 5.14. The SMILES string of the molecule is CCC1CCCCN1C(=O)COc1cnccc1C(=O)O. The molecule has 114 valence electrons. The molecule has 0 saturated carbocycles. The lowest BCUT2D eigenvalue weighted by molar-refractivity contribution is -0.137. The molecule has 6 nitrogen and oxygen atoms in total. The molecule has 2 heterocycles. The van der Waals surface area contributed by atoms with Crippen molar-refractivity contribution < 1.29 is 19.4 Å². The van der Waals surface area contributed by atoms with Gasteiger partial charge in [0.05, 0.1) is 6.20 Å². The molecule has 0 radical (unpaired) electrons. The maximum absolute atomic E-state index is 12.3. The zero-order chi connectivity index (χ0) is 15.2. The highest BCUT2D eigenvalue weighted by Gasteiger charge is 2.25. The summed E-state index contributed by atoms with van der Waals surface area (Å²) in [5.41, 5.74) is 0.0171. The number of carbonyl (C=O) groups excluding carboxylic acids is 1. The smallest absolute Gasteiger partial charge is 0.339 e. The number of rotatable bonds is 5. The molecule has 0 aromatic carbocycles. The van der Waals surface area contributed by atoms with Crippen molar-refractivity contribution in [2.45, 2.75) is 38.6 Å². The summed E-state index contributed by atoms with van der Waals surface area (Å²) < 4.78 is 5.37. The number of carbonyl (C=O) groups is 2. The first kappa shape index (κ1) is 15.3. The van der Waals surface area contributed by atoms with E-state index in [0.29, 0.717) is 0 Å². The number of carboxylic acids is 1. The van der Waals surface area contributed by atoms with E-state index in [1.807, 2.05) is 4.90 Å². The molecule has 1 aromatic rings. The first-order valence-corrected chi connectivity index (χ1v) is 7.23. The number of aromatic carboxylic acids is 1.